The lowest BCUT2D eigenvalue weighted by atomic mass is 10.0. The summed E-state index contributed by atoms with van der Waals surface area (Å²) < 4.78 is 29.2. The third kappa shape index (κ3) is 8.32. The van der Waals surface area contributed by atoms with Crippen LogP contribution in [0, 0.1) is 13.8 Å². The van der Waals surface area contributed by atoms with E-state index in [4.69, 9.17) is 0 Å². The van der Waals surface area contributed by atoms with Crippen LogP contribution < -0.4 is 9.62 Å². The van der Waals surface area contributed by atoms with Crippen LogP contribution in [-0.2, 0) is 32.6 Å². The zero-order valence-corrected chi connectivity index (χ0v) is 25.9. The lowest BCUT2D eigenvalue weighted by Gasteiger charge is -2.34. The van der Waals surface area contributed by atoms with Gasteiger partial charge in [0.1, 0.15) is 12.6 Å². The lowest BCUT2D eigenvalue weighted by Crippen LogP contribution is -2.54. The maximum Gasteiger partial charge on any atom is 0.264 e. The van der Waals surface area contributed by atoms with Crippen LogP contribution >= 0.6 is 0 Å². The molecular weight excluding hydrogens is 558 g/mol. The molecule has 43 heavy (non-hydrogen) atoms. The van der Waals surface area contributed by atoms with E-state index in [9.17, 15) is 18.0 Å². The predicted molar refractivity (Wildman–Crippen MR) is 171 cm³/mol. The van der Waals surface area contributed by atoms with Gasteiger partial charge in [0.05, 0.1) is 10.6 Å². The number of benzene rings is 4. The number of amides is 2. The molecule has 1 atom stereocenters. The Kier molecular flexibility index (Phi) is 10.4. The van der Waals surface area contributed by atoms with Gasteiger partial charge in [0.2, 0.25) is 11.8 Å². The number of hydrogen-bond donors (Lipinski definition) is 1. The van der Waals surface area contributed by atoms with Gasteiger partial charge in [0, 0.05) is 19.0 Å². The summed E-state index contributed by atoms with van der Waals surface area (Å²) in [4.78, 5) is 29.7. The Morgan fingerprint density at radius 3 is 1.98 bits per heavy atom. The molecule has 4 aromatic rings. The quantitative estimate of drug-likeness (QED) is 0.228. The Labute approximate surface area is 255 Å². The second-order valence-corrected chi connectivity index (χ2v) is 12.9. The topological polar surface area (TPSA) is 86.8 Å². The molecule has 0 saturated heterocycles. The number of nitrogens with zero attached hydrogens (tertiary/aromatic N) is 2. The predicted octanol–water partition coefficient (Wildman–Crippen LogP) is 5.66. The Hall–Kier alpha value is -4.43. The lowest BCUT2D eigenvalue weighted by molar-refractivity contribution is -0.140. The molecule has 4 rings (SSSR count). The van der Waals surface area contributed by atoms with E-state index in [1.807, 2.05) is 88.4 Å². The van der Waals surface area contributed by atoms with Gasteiger partial charge in [-0.15, -0.1) is 0 Å². The summed E-state index contributed by atoms with van der Waals surface area (Å²) in [5.74, 6) is -0.784. The number of sulfonamides is 1. The van der Waals surface area contributed by atoms with Crippen molar-refractivity contribution in [2.24, 2.45) is 0 Å². The van der Waals surface area contributed by atoms with E-state index in [0.29, 0.717) is 5.69 Å². The minimum atomic E-state index is -4.12. The number of hydrogen-bond acceptors (Lipinski definition) is 4. The van der Waals surface area contributed by atoms with Crippen molar-refractivity contribution in [3.05, 3.63) is 131 Å². The van der Waals surface area contributed by atoms with Crippen molar-refractivity contribution in [2.45, 2.75) is 57.6 Å². The third-order valence-corrected chi connectivity index (χ3v) is 8.86. The monoisotopic (exact) mass is 597 g/mol. The van der Waals surface area contributed by atoms with E-state index in [2.05, 4.69) is 5.32 Å². The summed E-state index contributed by atoms with van der Waals surface area (Å²) in [6, 6.07) is 31.4. The maximum atomic E-state index is 14.4. The van der Waals surface area contributed by atoms with Crippen LogP contribution in [0.2, 0.25) is 0 Å². The normalized spacial score (nSPS) is 12.0. The highest BCUT2D eigenvalue weighted by atomic mass is 32.2. The molecule has 4 aromatic carbocycles. The molecule has 2 amide bonds. The number of carbonyl (C=O) groups excluding carboxylic acids is 2. The van der Waals surface area contributed by atoms with Crippen LogP contribution in [-0.4, -0.2) is 43.8 Å². The molecule has 0 bridgehead atoms. The van der Waals surface area contributed by atoms with Crippen molar-refractivity contribution < 1.29 is 18.0 Å². The summed E-state index contributed by atoms with van der Waals surface area (Å²) in [6.45, 7) is 7.25. The fraction of sp³-hybridized carbons (Fsp3) is 0.257. The summed E-state index contributed by atoms with van der Waals surface area (Å²) >= 11 is 0. The van der Waals surface area contributed by atoms with Gasteiger partial charge in [-0.3, -0.25) is 13.9 Å². The standard InChI is InChI=1S/C35H39N3O4S/c1-26(2)36-35(40)33(23-29-13-7-5-8-14-29)37(24-30-20-18-27(3)19-21-30)34(39)25-38(31-15-11-12-28(4)22-31)43(41,42)32-16-9-6-10-17-32/h5-22,26,33H,23-25H2,1-4H3,(H,36,40)/t33-/m0/s1. The molecule has 1 N–H and O–H groups in total. The maximum absolute atomic E-state index is 14.4. The summed E-state index contributed by atoms with van der Waals surface area (Å²) in [5, 5.41) is 2.98. The van der Waals surface area contributed by atoms with Gasteiger partial charge in [-0.05, 0) is 68.7 Å². The van der Waals surface area contributed by atoms with Crippen LogP contribution in [0.15, 0.2) is 114 Å². The number of nitrogens with one attached hydrogen (secondary N) is 1. The number of aryl methyl sites for hydroxylation is 2. The number of carbonyl (C=O) groups is 2. The van der Waals surface area contributed by atoms with E-state index < -0.39 is 28.5 Å². The molecule has 0 radical (unpaired) electrons. The molecule has 0 aliphatic carbocycles. The van der Waals surface area contributed by atoms with E-state index in [0.717, 1.165) is 26.6 Å². The third-order valence-electron chi connectivity index (χ3n) is 7.08. The molecule has 0 aliphatic rings. The fourth-order valence-electron chi connectivity index (χ4n) is 4.86. The van der Waals surface area contributed by atoms with E-state index >= 15 is 0 Å². The largest absolute Gasteiger partial charge is 0.352 e. The Balaban J connectivity index is 1.80. The van der Waals surface area contributed by atoms with Crippen molar-refractivity contribution in [3.63, 3.8) is 0 Å². The Bertz CT molecular complexity index is 1620. The van der Waals surface area contributed by atoms with Gasteiger partial charge in [-0.1, -0.05) is 90.5 Å². The van der Waals surface area contributed by atoms with Gasteiger partial charge in [0.15, 0.2) is 0 Å². The smallest absolute Gasteiger partial charge is 0.264 e. The second kappa shape index (κ2) is 14.2. The van der Waals surface area contributed by atoms with Gasteiger partial charge in [-0.2, -0.15) is 0 Å². The van der Waals surface area contributed by atoms with Crippen LogP contribution in [0.1, 0.15) is 36.1 Å². The zero-order valence-electron chi connectivity index (χ0n) is 25.1. The van der Waals surface area contributed by atoms with Crippen LogP contribution in [0.3, 0.4) is 0 Å². The first-order valence-corrected chi connectivity index (χ1v) is 15.8. The first kappa shape index (κ1) is 31.5. The fourth-order valence-corrected chi connectivity index (χ4v) is 6.28. The highest BCUT2D eigenvalue weighted by Gasteiger charge is 2.34. The van der Waals surface area contributed by atoms with Gasteiger partial charge in [-0.25, -0.2) is 8.42 Å². The van der Waals surface area contributed by atoms with Crippen molar-refractivity contribution in [3.8, 4) is 0 Å². The molecule has 0 saturated carbocycles. The van der Waals surface area contributed by atoms with Gasteiger partial charge in [0.25, 0.3) is 10.0 Å². The molecule has 224 valence electrons. The molecule has 8 heteroatoms. The highest BCUT2D eigenvalue weighted by Crippen LogP contribution is 2.26. The van der Waals surface area contributed by atoms with Crippen molar-refractivity contribution in [1.82, 2.24) is 10.2 Å². The average Bonchev–Trinajstić information content (AvgIpc) is 2.99. The first-order chi connectivity index (χ1) is 20.5. The molecule has 0 fully saturated rings. The number of rotatable bonds is 12. The van der Waals surface area contributed by atoms with Crippen molar-refractivity contribution in [1.29, 1.82) is 0 Å². The average molecular weight is 598 g/mol. The Morgan fingerprint density at radius 1 is 0.744 bits per heavy atom. The second-order valence-electron chi connectivity index (χ2n) is 11.0. The molecule has 7 nitrogen and oxygen atoms in total. The van der Waals surface area contributed by atoms with E-state index in [1.165, 1.54) is 17.0 Å². The van der Waals surface area contributed by atoms with Crippen LogP contribution in [0.5, 0.6) is 0 Å². The summed E-state index contributed by atoms with van der Waals surface area (Å²) in [5.41, 5.74) is 4.02. The van der Waals surface area contributed by atoms with Gasteiger partial charge >= 0.3 is 0 Å². The molecule has 0 aromatic heterocycles. The van der Waals surface area contributed by atoms with Crippen LogP contribution in [0.4, 0.5) is 5.69 Å². The zero-order chi connectivity index (χ0) is 31.0. The summed E-state index contributed by atoms with van der Waals surface area (Å²) in [6.07, 6.45) is 0.271. The summed E-state index contributed by atoms with van der Waals surface area (Å²) in [7, 11) is -4.12. The molecule has 0 heterocycles. The minimum absolute atomic E-state index is 0.0766. The molecule has 0 aliphatic heterocycles. The molecule has 0 spiro atoms. The highest BCUT2D eigenvalue weighted by molar-refractivity contribution is 7.92. The first-order valence-electron chi connectivity index (χ1n) is 14.4. The van der Waals surface area contributed by atoms with Crippen molar-refractivity contribution in [2.75, 3.05) is 10.8 Å². The molecule has 0 unspecified atom stereocenters. The van der Waals surface area contributed by atoms with E-state index in [1.54, 1.807) is 36.4 Å². The minimum Gasteiger partial charge on any atom is -0.352 e. The van der Waals surface area contributed by atoms with Gasteiger partial charge < -0.3 is 10.2 Å². The number of anilines is 1. The molecular formula is C35H39N3O4S. The van der Waals surface area contributed by atoms with E-state index in [-0.39, 0.29) is 29.8 Å². The van der Waals surface area contributed by atoms with Crippen molar-refractivity contribution >= 4 is 27.5 Å². The SMILES string of the molecule is Cc1ccc(CN(C(=O)CN(c2cccc(C)c2)S(=O)(=O)c2ccccc2)[C@@H](Cc2ccccc2)C(=O)NC(C)C)cc1. The van der Waals surface area contributed by atoms with Crippen LogP contribution in [0.25, 0.3) is 0 Å². The Morgan fingerprint density at radius 2 is 1.37 bits per heavy atom.